The van der Waals surface area contributed by atoms with E-state index in [4.69, 9.17) is 7.85 Å². The quantitative estimate of drug-likeness (QED) is 0.592. The summed E-state index contributed by atoms with van der Waals surface area (Å²) in [6.07, 6.45) is 3.00. The van der Waals surface area contributed by atoms with Crippen LogP contribution in [0, 0.1) is 10.8 Å². The molecule has 2 radical (unpaired) electrons. The summed E-state index contributed by atoms with van der Waals surface area (Å²) in [5.41, 5.74) is 0.216. The van der Waals surface area contributed by atoms with Crippen LogP contribution in [-0.2, 0) is 4.79 Å². The Kier molecular flexibility index (Phi) is 4.90. The molecule has 0 aromatic heterocycles. The molecule has 0 fully saturated rings. The molecule has 0 bridgehead atoms. The summed E-state index contributed by atoms with van der Waals surface area (Å²) in [6, 6.07) is 0. The molecule has 0 aliphatic heterocycles. The number of ketones is 1. The molecule has 0 spiro atoms. The molecule has 0 saturated heterocycles. The van der Waals surface area contributed by atoms with Crippen LogP contribution in [0.2, 0.25) is 6.32 Å². The fraction of sp³-hybridized carbons (Fsp3) is 0.917. The Balaban J connectivity index is 4.26. The first-order chi connectivity index (χ1) is 6.22. The zero-order chi connectivity index (χ0) is 11.4. The first-order valence-corrected chi connectivity index (χ1v) is 5.44. The van der Waals surface area contributed by atoms with Crippen molar-refractivity contribution < 1.29 is 4.79 Å². The number of hydrogen-bond donors (Lipinski definition) is 0. The average Bonchev–Trinajstić information content (AvgIpc) is 2.01. The van der Waals surface area contributed by atoms with Crippen molar-refractivity contribution in [3.8, 4) is 0 Å². The van der Waals surface area contributed by atoms with Gasteiger partial charge in [0.15, 0.2) is 0 Å². The van der Waals surface area contributed by atoms with E-state index < -0.39 is 0 Å². The standard InChI is InChI=1S/C12H23BO/c1-6-10(14)7-11(2,3)8-12(4,5)9-13/h6-9H2,1-5H3. The summed E-state index contributed by atoms with van der Waals surface area (Å²) < 4.78 is 0. The highest BCUT2D eigenvalue weighted by molar-refractivity contribution is 6.08. The van der Waals surface area contributed by atoms with E-state index in [1.54, 1.807) is 0 Å². The Morgan fingerprint density at radius 2 is 1.64 bits per heavy atom. The zero-order valence-electron chi connectivity index (χ0n) is 10.3. The molecule has 0 saturated carbocycles. The summed E-state index contributed by atoms with van der Waals surface area (Å²) in [4.78, 5) is 11.4. The molecular formula is C12H23BO. The second-order valence-corrected chi connectivity index (χ2v) is 5.78. The van der Waals surface area contributed by atoms with Crippen LogP contribution >= 0.6 is 0 Å². The van der Waals surface area contributed by atoms with E-state index in [9.17, 15) is 4.79 Å². The van der Waals surface area contributed by atoms with Gasteiger partial charge in [0, 0.05) is 12.8 Å². The van der Waals surface area contributed by atoms with Gasteiger partial charge in [0.1, 0.15) is 5.78 Å². The Labute approximate surface area is 90.1 Å². The second-order valence-electron chi connectivity index (χ2n) is 5.78. The van der Waals surface area contributed by atoms with Crippen molar-refractivity contribution in [1.29, 1.82) is 0 Å². The van der Waals surface area contributed by atoms with Crippen molar-refractivity contribution in [1.82, 2.24) is 0 Å². The molecule has 14 heavy (non-hydrogen) atoms. The summed E-state index contributed by atoms with van der Waals surface area (Å²) >= 11 is 0. The Morgan fingerprint density at radius 3 is 2.00 bits per heavy atom. The van der Waals surface area contributed by atoms with Gasteiger partial charge < -0.3 is 0 Å². The van der Waals surface area contributed by atoms with Gasteiger partial charge in [0.25, 0.3) is 0 Å². The van der Waals surface area contributed by atoms with Gasteiger partial charge in [-0.15, -0.1) is 0 Å². The minimum atomic E-state index is 0.0793. The van der Waals surface area contributed by atoms with Gasteiger partial charge in [-0.25, -0.2) is 0 Å². The third-order valence-corrected chi connectivity index (χ3v) is 2.58. The third-order valence-electron chi connectivity index (χ3n) is 2.58. The van der Waals surface area contributed by atoms with Crippen molar-refractivity contribution in [3.63, 3.8) is 0 Å². The maximum Gasteiger partial charge on any atom is 0.133 e. The smallest absolute Gasteiger partial charge is 0.133 e. The van der Waals surface area contributed by atoms with Crippen LogP contribution < -0.4 is 0 Å². The molecule has 0 aromatic rings. The van der Waals surface area contributed by atoms with Gasteiger partial charge in [-0.05, 0) is 17.3 Å². The lowest BCUT2D eigenvalue weighted by atomic mass is 9.67. The van der Waals surface area contributed by atoms with Crippen LogP contribution in [0.1, 0.15) is 53.9 Å². The molecule has 2 heteroatoms. The van der Waals surface area contributed by atoms with Gasteiger partial charge in [-0.3, -0.25) is 4.79 Å². The lowest BCUT2D eigenvalue weighted by Gasteiger charge is -2.34. The van der Waals surface area contributed by atoms with Gasteiger partial charge in [0.05, 0.1) is 7.85 Å². The van der Waals surface area contributed by atoms with Crippen molar-refractivity contribution >= 4 is 13.6 Å². The molecule has 0 heterocycles. The lowest BCUT2D eigenvalue weighted by Crippen LogP contribution is -2.25. The summed E-state index contributed by atoms with van der Waals surface area (Å²) in [5.74, 6) is 0.350. The Bertz CT molecular complexity index is 194. The molecule has 0 aliphatic rings. The van der Waals surface area contributed by atoms with E-state index in [-0.39, 0.29) is 10.8 Å². The number of Topliss-reactive ketones (excluding diaryl/α,β-unsaturated/α-hetero) is 1. The molecule has 0 unspecified atom stereocenters. The maximum absolute atomic E-state index is 11.4. The topological polar surface area (TPSA) is 17.1 Å². The van der Waals surface area contributed by atoms with E-state index in [1.165, 1.54) is 0 Å². The van der Waals surface area contributed by atoms with Gasteiger partial charge in [-0.2, -0.15) is 0 Å². The average molecular weight is 194 g/mol. The van der Waals surface area contributed by atoms with Crippen LogP contribution in [0.3, 0.4) is 0 Å². The van der Waals surface area contributed by atoms with Crippen molar-refractivity contribution in [2.75, 3.05) is 0 Å². The van der Waals surface area contributed by atoms with E-state index in [0.717, 1.165) is 6.42 Å². The van der Waals surface area contributed by atoms with Crippen molar-refractivity contribution in [2.45, 2.75) is 60.2 Å². The predicted octanol–water partition coefficient (Wildman–Crippen LogP) is 3.38. The Morgan fingerprint density at radius 1 is 1.14 bits per heavy atom. The molecular weight excluding hydrogens is 171 g/mol. The first kappa shape index (κ1) is 13.7. The fourth-order valence-electron chi connectivity index (χ4n) is 2.09. The largest absolute Gasteiger partial charge is 0.300 e. The van der Waals surface area contributed by atoms with E-state index in [1.807, 2.05) is 6.92 Å². The highest BCUT2D eigenvalue weighted by atomic mass is 16.1. The molecule has 0 N–H and O–H groups in total. The first-order valence-electron chi connectivity index (χ1n) is 5.44. The molecule has 0 aromatic carbocycles. The minimum absolute atomic E-state index is 0.0793. The van der Waals surface area contributed by atoms with Crippen LogP contribution in [0.4, 0.5) is 0 Å². The molecule has 0 atom stereocenters. The number of carbonyl (C=O) groups excluding carboxylic acids is 1. The minimum Gasteiger partial charge on any atom is -0.300 e. The van der Waals surface area contributed by atoms with Crippen LogP contribution in [0.5, 0.6) is 0 Å². The summed E-state index contributed by atoms with van der Waals surface area (Å²) in [5, 5.41) is 0. The number of hydrogen-bond acceptors (Lipinski definition) is 1. The zero-order valence-corrected chi connectivity index (χ0v) is 10.3. The van der Waals surface area contributed by atoms with E-state index in [2.05, 4.69) is 27.7 Å². The van der Waals surface area contributed by atoms with Gasteiger partial charge in [0.2, 0.25) is 0 Å². The van der Waals surface area contributed by atoms with Gasteiger partial charge in [-0.1, -0.05) is 40.9 Å². The summed E-state index contributed by atoms with van der Waals surface area (Å²) in [7, 11) is 5.69. The SMILES string of the molecule is [B]CC(C)(C)CC(C)(C)CC(=O)CC. The number of rotatable bonds is 6. The molecule has 1 nitrogen and oxygen atoms in total. The lowest BCUT2D eigenvalue weighted by molar-refractivity contribution is -0.121. The molecule has 0 amide bonds. The second kappa shape index (κ2) is 5.00. The Hall–Kier alpha value is -0.265. The van der Waals surface area contributed by atoms with E-state index >= 15 is 0 Å². The monoisotopic (exact) mass is 194 g/mol. The number of carbonyl (C=O) groups is 1. The van der Waals surface area contributed by atoms with Crippen LogP contribution in [0.25, 0.3) is 0 Å². The van der Waals surface area contributed by atoms with Crippen LogP contribution in [-0.4, -0.2) is 13.6 Å². The third kappa shape index (κ3) is 5.46. The summed E-state index contributed by atoms with van der Waals surface area (Å²) in [6.45, 7) is 10.5. The molecule has 0 aliphatic carbocycles. The fourth-order valence-corrected chi connectivity index (χ4v) is 2.09. The highest BCUT2D eigenvalue weighted by Crippen LogP contribution is 2.38. The highest BCUT2D eigenvalue weighted by Gasteiger charge is 2.28. The van der Waals surface area contributed by atoms with Gasteiger partial charge >= 0.3 is 0 Å². The maximum atomic E-state index is 11.4. The predicted molar refractivity (Wildman–Crippen MR) is 62.7 cm³/mol. The van der Waals surface area contributed by atoms with E-state index in [0.29, 0.717) is 24.9 Å². The van der Waals surface area contributed by atoms with Crippen molar-refractivity contribution in [3.05, 3.63) is 0 Å². The molecule has 0 rings (SSSR count). The normalized spacial score (nSPS) is 12.9. The van der Waals surface area contributed by atoms with Crippen molar-refractivity contribution in [2.24, 2.45) is 10.8 Å². The van der Waals surface area contributed by atoms with Crippen LogP contribution in [0.15, 0.2) is 0 Å². The molecule has 80 valence electrons.